The average Bonchev–Trinajstić information content (AvgIpc) is 4.20. The standard InChI is InChI=1S/C73H75BrN2S/c1-44-26-59(75(68-43-77-69-25-19-53(36-63(68)69)70(2,3)4)57-20-14-51(15-21-57)50-12-16-52(17-13-50)72-40-47-29-48(41-72)31-49(30-47)42-72)38-60(27-44)76(67-24-18-54(37-66(67)74)71(5,6)7)58-22-23-62-61-10-8-9-11-64(61)73(65(62)39-58)55-32-45-28-46(34-55)35-56(73)33-45/h8-27,36-39,43,45-49,55-56H,28-35,40-42H2,1-7H3. The smallest absolute Gasteiger partial charge is 0.0647 e. The summed E-state index contributed by atoms with van der Waals surface area (Å²) in [6.07, 6.45) is 15.6. The molecule has 9 aliphatic carbocycles. The zero-order valence-electron chi connectivity index (χ0n) is 46.4. The highest BCUT2D eigenvalue weighted by atomic mass is 79.9. The predicted octanol–water partition coefficient (Wildman–Crippen LogP) is 21.4. The van der Waals surface area contributed by atoms with Crippen molar-refractivity contribution >= 4 is 71.5 Å². The molecule has 7 aromatic carbocycles. The summed E-state index contributed by atoms with van der Waals surface area (Å²) < 4.78 is 2.42. The van der Waals surface area contributed by atoms with Gasteiger partial charge in [-0.3, -0.25) is 0 Å². The lowest BCUT2D eigenvalue weighted by atomic mass is 9.43. The second-order valence-corrected chi connectivity index (χ2v) is 29.7. The van der Waals surface area contributed by atoms with Gasteiger partial charge in [-0.1, -0.05) is 120 Å². The Hall–Kier alpha value is -5.42. The van der Waals surface area contributed by atoms with Gasteiger partial charge in [0.15, 0.2) is 0 Å². The summed E-state index contributed by atoms with van der Waals surface area (Å²) in [5, 5.41) is 3.70. The van der Waals surface area contributed by atoms with Crippen molar-refractivity contribution in [3.05, 3.63) is 189 Å². The van der Waals surface area contributed by atoms with Gasteiger partial charge in [0, 0.05) is 48.1 Å². The minimum atomic E-state index is 0.0112. The van der Waals surface area contributed by atoms with Crippen LogP contribution in [0.2, 0.25) is 0 Å². The highest BCUT2D eigenvalue weighted by Crippen LogP contribution is 2.70. The number of fused-ring (bicyclic) bond motifs is 4. The van der Waals surface area contributed by atoms with Crippen molar-refractivity contribution < 1.29 is 0 Å². The van der Waals surface area contributed by atoms with Crippen LogP contribution in [0.3, 0.4) is 0 Å². The summed E-state index contributed by atoms with van der Waals surface area (Å²) in [6, 6.07) is 58.1. The van der Waals surface area contributed by atoms with E-state index in [1.165, 1.54) is 131 Å². The number of rotatable bonds is 8. The van der Waals surface area contributed by atoms with Gasteiger partial charge < -0.3 is 9.80 Å². The van der Waals surface area contributed by atoms with Crippen molar-refractivity contribution in [2.24, 2.45) is 41.4 Å². The first-order valence-electron chi connectivity index (χ1n) is 29.6. The lowest BCUT2D eigenvalue weighted by Crippen LogP contribution is -2.55. The molecule has 0 saturated heterocycles. The first-order chi connectivity index (χ1) is 37.1. The number of halogens is 1. The Balaban J connectivity index is 0.872. The largest absolute Gasteiger partial charge is 0.309 e. The molecule has 1 heterocycles. The number of thiophene rings is 1. The minimum Gasteiger partial charge on any atom is -0.309 e. The summed E-state index contributed by atoms with van der Waals surface area (Å²) in [5.41, 5.74) is 21.8. The summed E-state index contributed by atoms with van der Waals surface area (Å²) in [6.45, 7) is 16.3. The number of aryl methyl sites for hydroxylation is 1. The maximum Gasteiger partial charge on any atom is 0.0647 e. The van der Waals surface area contributed by atoms with E-state index >= 15 is 0 Å². The van der Waals surface area contributed by atoms with Crippen LogP contribution in [-0.2, 0) is 21.7 Å². The Labute approximate surface area is 471 Å². The average molecular weight is 1090 g/mol. The molecule has 1 spiro atoms. The molecule has 0 aliphatic heterocycles. The Morgan fingerprint density at radius 1 is 0.481 bits per heavy atom. The predicted molar refractivity (Wildman–Crippen MR) is 330 cm³/mol. The molecule has 8 aromatic rings. The molecule has 8 fully saturated rings. The molecule has 0 radical (unpaired) electrons. The molecule has 8 bridgehead atoms. The SMILES string of the molecule is Cc1cc(N(c2ccc3c(c2)C2(c4ccccc4-3)C3CC4CC(C3)CC2C4)c2ccc(C(C)(C)C)cc2Br)cc(N(c2ccc(-c3ccc(C45CC6CC(CC(C6)C4)C5)cc3)cc2)c2csc3ccc(C(C)(C)C)cc23)c1. The maximum atomic E-state index is 4.24. The van der Waals surface area contributed by atoms with Crippen LogP contribution in [0.25, 0.3) is 32.3 Å². The molecule has 4 heteroatoms. The molecule has 0 unspecified atom stereocenters. The Bertz CT molecular complexity index is 3570. The van der Waals surface area contributed by atoms with Gasteiger partial charge in [-0.2, -0.15) is 0 Å². The summed E-state index contributed by atoms with van der Waals surface area (Å²) in [4.78, 5) is 5.14. The zero-order valence-corrected chi connectivity index (χ0v) is 48.8. The highest BCUT2D eigenvalue weighted by molar-refractivity contribution is 9.10. The number of benzene rings is 7. The molecule has 0 amide bonds. The van der Waals surface area contributed by atoms with Crippen molar-refractivity contribution in [1.82, 2.24) is 0 Å². The van der Waals surface area contributed by atoms with E-state index in [0.717, 1.165) is 56.8 Å². The van der Waals surface area contributed by atoms with Crippen LogP contribution >= 0.6 is 27.3 Å². The molecule has 0 N–H and O–H groups in total. The lowest BCUT2D eigenvalue weighted by molar-refractivity contribution is -0.0399. The van der Waals surface area contributed by atoms with E-state index in [-0.39, 0.29) is 16.2 Å². The van der Waals surface area contributed by atoms with Crippen LogP contribution in [0.1, 0.15) is 146 Å². The maximum absolute atomic E-state index is 4.24. The molecular formula is C73H75BrN2S. The Morgan fingerprint density at radius 2 is 1.03 bits per heavy atom. The van der Waals surface area contributed by atoms with Gasteiger partial charge in [0.1, 0.15) is 0 Å². The van der Waals surface area contributed by atoms with Crippen LogP contribution in [0, 0.1) is 48.3 Å². The van der Waals surface area contributed by atoms with Gasteiger partial charge in [-0.25, -0.2) is 0 Å². The molecule has 1 aromatic heterocycles. The molecule has 2 nitrogen and oxygen atoms in total. The lowest BCUT2D eigenvalue weighted by Gasteiger charge is -2.61. The fourth-order valence-corrected chi connectivity index (χ4v) is 19.7. The van der Waals surface area contributed by atoms with Crippen molar-refractivity contribution in [3.63, 3.8) is 0 Å². The van der Waals surface area contributed by atoms with Crippen molar-refractivity contribution in [2.45, 2.75) is 141 Å². The van der Waals surface area contributed by atoms with E-state index in [2.05, 4.69) is 225 Å². The third-order valence-electron chi connectivity index (χ3n) is 21.1. The Morgan fingerprint density at radius 3 is 1.65 bits per heavy atom. The summed E-state index contributed by atoms with van der Waals surface area (Å²) >= 11 is 6.09. The first kappa shape index (κ1) is 48.7. The van der Waals surface area contributed by atoms with E-state index in [9.17, 15) is 0 Å². The molecule has 9 aliphatic rings. The third kappa shape index (κ3) is 7.78. The van der Waals surface area contributed by atoms with Crippen LogP contribution in [-0.4, -0.2) is 0 Å². The summed E-state index contributed by atoms with van der Waals surface area (Å²) in [5.74, 6) is 6.01. The third-order valence-corrected chi connectivity index (χ3v) is 22.7. The summed E-state index contributed by atoms with van der Waals surface area (Å²) in [7, 11) is 0. The fraction of sp³-hybridized carbons (Fsp3) is 0.397. The second kappa shape index (κ2) is 17.5. The van der Waals surface area contributed by atoms with Gasteiger partial charge >= 0.3 is 0 Å². The molecular weight excluding hydrogens is 1020 g/mol. The van der Waals surface area contributed by atoms with E-state index in [1.54, 1.807) is 16.7 Å². The van der Waals surface area contributed by atoms with Gasteiger partial charge in [-0.15, -0.1) is 11.3 Å². The quantitative estimate of drug-likeness (QED) is 0.150. The van der Waals surface area contributed by atoms with E-state index in [0.29, 0.717) is 17.3 Å². The van der Waals surface area contributed by atoms with Gasteiger partial charge in [0.05, 0.1) is 11.4 Å². The van der Waals surface area contributed by atoms with Gasteiger partial charge in [0.25, 0.3) is 0 Å². The second-order valence-electron chi connectivity index (χ2n) is 28.0. The number of nitrogens with zero attached hydrogens (tertiary/aromatic N) is 2. The van der Waals surface area contributed by atoms with E-state index in [4.69, 9.17) is 0 Å². The number of anilines is 6. The molecule has 8 saturated carbocycles. The number of hydrogen-bond acceptors (Lipinski definition) is 3. The minimum absolute atomic E-state index is 0.0112. The van der Waals surface area contributed by atoms with E-state index < -0.39 is 0 Å². The molecule has 77 heavy (non-hydrogen) atoms. The Kier molecular flexibility index (Phi) is 11.1. The van der Waals surface area contributed by atoms with Crippen molar-refractivity contribution in [1.29, 1.82) is 0 Å². The molecule has 390 valence electrons. The first-order valence-corrected chi connectivity index (χ1v) is 31.2. The molecule has 0 atom stereocenters. The van der Waals surface area contributed by atoms with Gasteiger partial charge in [0.2, 0.25) is 0 Å². The van der Waals surface area contributed by atoms with Crippen molar-refractivity contribution in [3.8, 4) is 22.3 Å². The highest BCUT2D eigenvalue weighted by Gasteiger charge is 2.61. The normalized spacial score (nSPS) is 27.4. The van der Waals surface area contributed by atoms with E-state index in [1.807, 2.05) is 11.3 Å². The van der Waals surface area contributed by atoms with Crippen LogP contribution in [0.4, 0.5) is 34.1 Å². The van der Waals surface area contributed by atoms with Crippen LogP contribution < -0.4 is 9.80 Å². The number of hydrogen-bond donors (Lipinski definition) is 0. The zero-order chi connectivity index (χ0) is 52.3. The van der Waals surface area contributed by atoms with Crippen LogP contribution in [0.5, 0.6) is 0 Å². The topological polar surface area (TPSA) is 6.48 Å². The van der Waals surface area contributed by atoms with Crippen molar-refractivity contribution in [2.75, 3.05) is 9.80 Å². The van der Waals surface area contributed by atoms with Crippen LogP contribution in [0.15, 0.2) is 155 Å². The monoisotopic (exact) mass is 1090 g/mol. The molecule has 17 rings (SSSR count). The van der Waals surface area contributed by atoms with Gasteiger partial charge in [-0.05, 0) is 274 Å². The fourth-order valence-electron chi connectivity index (χ4n) is 18.2.